The van der Waals surface area contributed by atoms with Crippen molar-refractivity contribution in [2.75, 3.05) is 12.4 Å². The molecule has 2 rings (SSSR count). The second kappa shape index (κ2) is 7.45. The van der Waals surface area contributed by atoms with E-state index in [9.17, 15) is 4.79 Å². The van der Waals surface area contributed by atoms with Crippen molar-refractivity contribution in [3.8, 4) is 5.75 Å². The Balaban J connectivity index is 1.93. The van der Waals surface area contributed by atoms with Crippen LogP contribution in [-0.4, -0.2) is 22.8 Å². The van der Waals surface area contributed by atoms with Crippen molar-refractivity contribution in [1.29, 1.82) is 0 Å². The van der Waals surface area contributed by atoms with E-state index in [4.69, 9.17) is 4.74 Å². The first-order chi connectivity index (χ1) is 10.5. The quantitative estimate of drug-likeness (QED) is 0.846. The molecule has 0 atom stereocenters. The summed E-state index contributed by atoms with van der Waals surface area (Å²) in [6.07, 6.45) is 2.78. The molecule has 22 heavy (non-hydrogen) atoms. The monoisotopic (exact) mass is 365 g/mol. The zero-order chi connectivity index (χ0) is 16.1. The summed E-state index contributed by atoms with van der Waals surface area (Å²) in [5, 5.41) is 7.10. The zero-order valence-electron chi connectivity index (χ0n) is 13.0. The van der Waals surface area contributed by atoms with Gasteiger partial charge in [0.15, 0.2) is 0 Å². The number of carbonyl (C=O) groups excluding carboxylic acids is 1. The second-order valence-electron chi connectivity index (χ2n) is 5.27. The van der Waals surface area contributed by atoms with E-state index < -0.39 is 0 Å². The molecule has 2 aromatic rings. The number of amides is 1. The van der Waals surface area contributed by atoms with Gasteiger partial charge in [-0.3, -0.25) is 4.79 Å². The van der Waals surface area contributed by atoms with Crippen LogP contribution in [0.2, 0.25) is 0 Å². The van der Waals surface area contributed by atoms with Crippen LogP contribution in [0.5, 0.6) is 5.75 Å². The number of nitrogens with zero attached hydrogens (tertiary/aromatic N) is 2. The predicted molar refractivity (Wildman–Crippen MR) is 90.3 cm³/mol. The zero-order valence-corrected chi connectivity index (χ0v) is 14.6. The molecule has 0 fully saturated rings. The van der Waals surface area contributed by atoms with Crippen LogP contribution in [0, 0.1) is 0 Å². The third kappa shape index (κ3) is 4.10. The van der Waals surface area contributed by atoms with Crippen molar-refractivity contribution >= 4 is 27.7 Å². The number of nitrogens with one attached hydrogen (secondary N) is 1. The van der Waals surface area contributed by atoms with Crippen LogP contribution in [0.1, 0.15) is 31.9 Å². The van der Waals surface area contributed by atoms with Crippen molar-refractivity contribution in [2.45, 2.75) is 32.7 Å². The third-order valence-electron chi connectivity index (χ3n) is 3.28. The minimum absolute atomic E-state index is 0.0191. The molecule has 0 unspecified atom stereocenters. The van der Waals surface area contributed by atoms with Gasteiger partial charge in [0.25, 0.3) is 0 Å². The fourth-order valence-corrected chi connectivity index (χ4v) is 2.74. The van der Waals surface area contributed by atoms with Gasteiger partial charge in [-0.1, -0.05) is 6.07 Å². The molecule has 0 aliphatic carbocycles. The molecule has 0 radical (unpaired) electrons. The highest BCUT2D eigenvalue weighted by molar-refractivity contribution is 9.10. The highest BCUT2D eigenvalue weighted by atomic mass is 79.9. The maximum absolute atomic E-state index is 12.1. The maximum atomic E-state index is 12.1. The number of hydrogen-bond donors (Lipinski definition) is 1. The van der Waals surface area contributed by atoms with Gasteiger partial charge in [0, 0.05) is 18.5 Å². The fraction of sp³-hybridized carbons (Fsp3) is 0.375. The van der Waals surface area contributed by atoms with Crippen molar-refractivity contribution in [2.24, 2.45) is 0 Å². The molecule has 0 bridgehead atoms. The topological polar surface area (TPSA) is 56.1 Å². The first-order valence-electron chi connectivity index (χ1n) is 7.17. The van der Waals surface area contributed by atoms with Crippen molar-refractivity contribution in [3.63, 3.8) is 0 Å². The second-order valence-corrected chi connectivity index (χ2v) is 6.13. The summed E-state index contributed by atoms with van der Waals surface area (Å²) in [4.78, 5) is 12.1. The molecule has 1 aromatic carbocycles. The van der Waals surface area contributed by atoms with E-state index in [1.807, 2.05) is 38.1 Å². The Hall–Kier alpha value is -1.82. The minimum atomic E-state index is -0.0191. The average Bonchev–Trinajstić information content (AvgIpc) is 2.93. The maximum Gasteiger partial charge on any atom is 0.225 e. The van der Waals surface area contributed by atoms with Gasteiger partial charge in [0.1, 0.15) is 11.6 Å². The van der Waals surface area contributed by atoms with Gasteiger partial charge in [-0.05, 0) is 53.9 Å². The largest absolute Gasteiger partial charge is 0.496 e. The average molecular weight is 366 g/mol. The molecule has 0 aliphatic rings. The van der Waals surface area contributed by atoms with Crippen molar-refractivity contribution < 1.29 is 9.53 Å². The Bertz CT molecular complexity index is 653. The van der Waals surface area contributed by atoms with E-state index in [0.717, 1.165) is 21.6 Å². The molecule has 0 saturated heterocycles. The van der Waals surface area contributed by atoms with E-state index in [1.54, 1.807) is 18.0 Å². The molecule has 0 aliphatic heterocycles. The molecule has 1 amide bonds. The van der Waals surface area contributed by atoms with Crippen LogP contribution >= 0.6 is 15.9 Å². The molecule has 1 heterocycles. The lowest BCUT2D eigenvalue weighted by molar-refractivity contribution is -0.116. The number of methoxy groups -OCH3 is 1. The van der Waals surface area contributed by atoms with E-state index in [2.05, 4.69) is 26.3 Å². The molecule has 0 spiro atoms. The molecular formula is C16H20BrN3O2. The Morgan fingerprint density at radius 1 is 1.41 bits per heavy atom. The number of benzene rings is 1. The van der Waals surface area contributed by atoms with Gasteiger partial charge in [-0.2, -0.15) is 5.10 Å². The van der Waals surface area contributed by atoms with Crippen LogP contribution in [0.25, 0.3) is 0 Å². The number of carbonyl (C=O) groups is 1. The predicted octanol–water partition coefficient (Wildman–Crippen LogP) is 3.81. The van der Waals surface area contributed by atoms with E-state index >= 15 is 0 Å². The van der Waals surface area contributed by atoms with Crippen LogP contribution < -0.4 is 10.1 Å². The Morgan fingerprint density at radius 3 is 2.82 bits per heavy atom. The molecule has 1 aromatic heterocycles. The van der Waals surface area contributed by atoms with Gasteiger partial charge in [0.05, 0.1) is 17.8 Å². The summed E-state index contributed by atoms with van der Waals surface area (Å²) in [7, 11) is 1.63. The highest BCUT2D eigenvalue weighted by Crippen LogP contribution is 2.26. The van der Waals surface area contributed by atoms with Crippen LogP contribution in [0.15, 0.2) is 34.9 Å². The molecule has 118 valence electrons. The summed E-state index contributed by atoms with van der Waals surface area (Å²) in [5.41, 5.74) is 1.08. The first kappa shape index (κ1) is 16.5. The van der Waals surface area contributed by atoms with E-state index in [1.165, 1.54) is 0 Å². The number of halogens is 1. The van der Waals surface area contributed by atoms with E-state index in [-0.39, 0.29) is 11.9 Å². The number of hydrogen-bond acceptors (Lipinski definition) is 3. The smallest absolute Gasteiger partial charge is 0.225 e. The Morgan fingerprint density at radius 2 is 2.18 bits per heavy atom. The van der Waals surface area contributed by atoms with Crippen LogP contribution in [-0.2, 0) is 11.2 Å². The highest BCUT2D eigenvalue weighted by Gasteiger charge is 2.10. The van der Waals surface area contributed by atoms with Gasteiger partial charge in [-0.25, -0.2) is 4.68 Å². The van der Waals surface area contributed by atoms with Gasteiger partial charge < -0.3 is 10.1 Å². The standard InChI is InChI=1S/C16H20BrN3O2/c1-11(2)20-15(8-9-18-20)19-16(21)7-5-12-4-6-14(22-3)13(17)10-12/h4,6,8-11H,5,7H2,1-3H3,(H,19,21). The molecule has 6 heteroatoms. The normalized spacial score (nSPS) is 10.8. The minimum Gasteiger partial charge on any atom is -0.496 e. The molecular weight excluding hydrogens is 346 g/mol. The van der Waals surface area contributed by atoms with Crippen LogP contribution in [0.4, 0.5) is 5.82 Å². The van der Waals surface area contributed by atoms with Gasteiger partial charge in [-0.15, -0.1) is 0 Å². The summed E-state index contributed by atoms with van der Waals surface area (Å²) < 4.78 is 7.88. The number of aryl methyl sites for hydroxylation is 1. The molecule has 0 saturated carbocycles. The number of aromatic nitrogens is 2. The Labute approximate surface area is 138 Å². The third-order valence-corrected chi connectivity index (χ3v) is 3.90. The SMILES string of the molecule is COc1ccc(CCC(=O)Nc2ccnn2C(C)C)cc1Br. The van der Waals surface area contributed by atoms with E-state index in [0.29, 0.717) is 12.8 Å². The summed E-state index contributed by atoms with van der Waals surface area (Å²) in [6.45, 7) is 4.05. The van der Waals surface area contributed by atoms with Gasteiger partial charge >= 0.3 is 0 Å². The van der Waals surface area contributed by atoms with Crippen LogP contribution in [0.3, 0.4) is 0 Å². The first-order valence-corrected chi connectivity index (χ1v) is 7.96. The summed E-state index contributed by atoms with van der Waals surface area (Å²) in [6, 6.07) is 7.86. The molecule has 1 N–H and O–H groups in total. The number of anilines is 1. The number of rotatable bonds is 6. The lowest BCUT2D eigenvalue weighted by Gasteiger charge is -2.12. The lowest BCUT2D eigenvalue weighted by Crippen LogP contribution is -2.17. The summed E-state index contributed by atoms with van der Waals surface area (Å²) >= 11 is 3.45. The molecule has 5 nitrogen and oxygen atoms in total. The number of ether oxygens (including phenoxy) is 1. The lowest BCUT2D eigenvalue weighted by atomic mass is 10.1. The summed E-state index contributed by atoms with van der Waals surface area (Å²) in [5.74, 6) is 1.50. The van der Waals surface area contributed by atoms with Crippen molar-refractivity contribution in [3.05, 3.63) is 40.5 Å². The fourth-order valence-electron chi connectivity index (χ4n) is 2.15. The van der Waals surface area contributed by atoms with Crippen molar-refractivity contribution in [1.82, 2.24) is 9.78 Å². The Kier molecular flexibility index (Phi) is 5.60. The van der Waals surface area contributed by atoms with Gasteiger partial charge in [0.2, 0.25) is 5.91 Å².